The fraction of sp³-hybridized carbons (Fsp3) is 0.267. The summed E-state index contributed by atoms with van der Waals surface area (Å²) in [6.07, 6.45) is -3.22. The van der Waals surface area contributed by atoms with Gasteiger partial charge in [0.25, 0.3) is 0 Å². The van der Waals surface area contributed by atoms with Crippen LogP contribution in [0.1, 0.15) is 17.4 Å². The molecular formula is C15H15F3N2O3. The van der Waals surface area contributed by atoms with Gasteiger partial charge in [0.15, 0.2) is 6.04 Å². The third-order valence-electron chi connectivity index (χ3n) is 3.06. The van der Waals surface area contributed by atoms with Crippen molar-refractivity contribution in [1.29, 1.82) is 0 Å². The van der Waals surface area contributed by atoms with Crippen LogP contribution in [0.4, 0.5) is 18.0 Å². The molecule has 0 spiro atoms. The molecule has 2 rings (SSSR count). The second kappa shape index (κ2) is 7.08. The summed E-state index contributed by atoms with van der Waals surface area (Å²) in [5.74, 6) is 0.866. The lowest BCUT2D eigenvalue weighted by atomic mass is 10.1. The number of hydrogen-bond donors (Lipinski definition) is 2. The van der Waals surface area contributed by atoms with Crippen LogP contribution < -0.4 is 15.4 Å². The lowest BCUT2D eigenvalue weighted by Crippen LogP contribution is -2.43. The number of rotatable bonds is 5. The highest BCUT2D eigenvalue weighted by molar-refractivity contribution is 5.74. The fourth-order valence-corrected chi connectivity index (χ4v) is 1.91. The molecule has 1 aromatic heterocycles. The van der Waals surface area contributed by atoms with Crippen molar-refractivity contribution < 1.29 is 27.1 Å². The number of methoxy groups -OCH3 is 1. The monoisotopic (exact) mass is 328 g/mol. The van der Waals surface area contributed by atoms with E-state index in [0.29, 0.717) is 11.5 Å². The number of carbonyl (C=O) groups excluding carboxylic acids is 1. The lowest BCUT2D eigenvalue weighted by molar-refractivity contribution is -0.154. The van der Waals surface area contributed by atoms with Crippen molar-refractivity contribution in [2.75, 3.05) is 7.11 Å². The maximum atomic E-state index is 13.2. The molecule has 0 aliphatic carbocycles. The summed E-state index contributed by atoms with van der Waals surface area (Å²) in [6.45, 7) is -0.00791. The normalized spacial score (nSPS) is 12.5. The minimum Gasteiger partial charge on any atom is -0.497 e. The minimum atomic E-state index is -4.63. The number of benzene rings is 1. The van der Waals surface area contributed by atoms with Crippen LogP contribution in [-0.4, -0.2) is 19.3 Å². The number of nitrogens with one attached hydrogen (secondary N) is 2. The van der Waals surface area contributed by atoms with Gasteiger partial charge >= 0.3 is 12.2 Å². The van der Waals surface area contributed by atoms with Crippen LogP contribution in [0.25, 0.3) is 0 Å². The molecule has 0 saturated carbocycles. The Morgan fingerprint density at radius 3 is 2.48 bits per heavy atom. The van der Waals surface area contributed by atoms with Crippen LogP contribution in [0.5, 0.6) is 5.75 Å². The zero-order valence-corrected chi connectivity index (χ0v) is 12.2. The molecule has 0 unspecified atom stereocenters. The Hall–Kier alpha value is -2.64. The first-order valence-electron chi connectivity index (χ1n) is 6.67. The van der Waals surface area contributed by atoms with Crippen molar-refractivity contribution in [3.05, 3.63) is 54.0 Å². The first kappa shape index (κ1) is 16.7. The Morgan fingerprint density at radius 2 is 1.96 bits per heavy atom. The molecule has 0 aliphatic rings. The van der Waals surface area contributed by atoms with E-state index >= 15 is 0 Å². The van der Waals surface area contributed by atoms with E-state index in [1.54, 1.807) is 12.1 Å². The predicted molar refractivity (Wildman–Crippen MR) is 75.9 cm³/mol. The van der Waals surface area contributed by atoms with Gasteiger partial charge in [-0.1, -0.05) is 12.1 Å². The molecule has 2 amide bonds. The highest BCUT2D eigenvalue weighted by Gasteiger charge is 2.41. The van der Waals surface area contributed by atoms with Crippen LogP contribution >= 0.6 is 0 Å². The van der Waals surface area contributed by atoms with E-state index in [9.17, 15) is 18.0 Å². The molecule has 0 saturated heterocycles. The van der Waals surface area contributed by atoms with E-state index in [0.717, 1.165) is 0 Å². The molecule has 0 radical (unpaired) electrons. The molecule has 0 bridgehead atoms. The quantitative estimate of drug-likeness (QED) is 0.884. The van der Waals surface area contributed by atoms with E-state index in [-0.39, 0.29) is 12.1 Å². The summed E-state index contributed by atoms with van der Waals surface area (Å²) < 4.78 is 49.4. The van der Waals surface area contributed by atoms with Crippen molar-refractivity contribution >= 4 is 6.03 Å². The van der Waals surface area contributed by atoms with Crippen LogP contribution in [0.15, 0.2) is 47.1 Å². The molecule has 8 heteroatoms. The van der Waals surface area contributed by atoms with Crippen molar-refractivity contribution in [3.63, 3.8) is 0 Å². The summed E-state index contributed by atoms with van der Waals surface area (Å²) in [5.41, 5.74) is -0.0913. The van der Waals surface area contributed by atoms with Gasteiger partial charge in [0.2, 0.25) is 0 Å². The molecule has 1 atom stereocenters. The van der Waals surface area contributed by atoms with E-state index in [2.05, 4.69) is 5.32 Å². The number of hydrogen-bond acceptors (Lipinski definition) is 3. The molecule has 0 fully saturated rings. The standard InChI is InChI=1S/C15H15F3N2O3/c1-22-11-6-4-10(5-7-11)13(15(16,17)18)20-14(21)19-9-12-3-2-8-23-12/h2-8,13H,9H2,1H3,(H2,19,20,21)/t13-/m1/s1. The Bertz CT molecular complexity index is 624. The zero-order chi connectivity index (χ0) is 16.9. The Kier molecular flexibility index (Phi) is 5.15. The first-order chi connectivity index (χ1) is 10.9. The zero-order valence-electron chi connectivity index (χ0n) is 12.2. The molecular weight excluding hydrogens is 313 g/mol. The SMILES string of the molecule is COc1ccc([C@@H](NC(=O)NCc2ccco2)C(F)(F)F)cc1. The summed E-state index contributed by atoms with van der Waals surface area (Å²) in [5, 5.41) is 4.23. The summed E-state index contributed by atoms with van der Waals surface area (Å²) in [7, 11) is 1.41. The van der Waals surface area contributed by atoms with Crippen LogP contribution in [0.3, 0.4) is 0 Å². The highest BCUT2D eigenvalue weighted by Crippen LogP contribution is 2.33. The number of ether oxygens (including phenoxy) is 1. The topological polar surface area (TPSA) is 63.5 Å². The summed E-state index contributed by atoms with van der Waals surface area (Å²) in [4.78, 5) is 11.7. The van der Waals surface area contributed by atoms with Crippen molar-refractivity contribution in [2.45, 2.75) is 18.8 Å². The van der Waals surface area contributed by atoms with E-state index < -0.39 is 18.2 Å². The van der Waals surface area contributed by atoms with E-state index in [1.807, 2.05) is 5.32 Å². The minimum absolute atomic E-state index is 0.00791. The lowest BCUT2D eigenvalue weighted by Gasteiger charge is -2.22. The first-order valence-corrected chi connectivity index (χ1v) is 6.67. The van der Waals surface area contributed by atoms with Crippen LogP contribution in [0.2, 0.25) is 0 Å². The molecule has 0 aliphatic heterocycles. The van der Waals surface area contributed by atoms with Crippen LogP contribution in [0, 0.1) is 0 Å². The number of halogens is 3. The highest BCUT2D eigenvalue weighted by atomic mass is 19.4. The van der Waals surface area contributed by atoms with Gasteiger partial charge in [-0.25, -0.2) is 4.79 Å². The van der Waals surface area contributed by atoms with Gasteiger partial charge in [-0.15, -0.1) is 0 Å². The fourth-order valence-electron chi connectivity index (χ4n) is 1.91. The van der Waals surface area contributed by atoms with Gasteiger partial charge < -0.3 is 19.8 Å². The molecule has 23 heavy (non-hydrogen) atoms. The molecule has 2 N–H and O–H groups in total. The maximum absolute atomic E-state index is 13.2. The molecule has 1 heterocycles. The number of carbonyl (C=O) groups is 1. The van der Waals surface area contributed by atoms with Gasteiger partial charge in [-0.3, -0.25) is 0 Å². The van der Waals surface area contributed by atoms with Gasteiger partial charge in [0, 0.05) is 0 Å². The third kappa shape index (κ3) is 4.67. The molecule has 2 aromatic rings. The average molecular weight is 328 g/mol. The summed E-state index contributed by atoms with van der Waals surface area (Å²) >= 11 is 0. The Labute approximate surface area is 130 Å². The predicted octanol–water partition coefficient (Wildman–Crippen LogP) is 3.39. The van der Waals surface area contributed by atoms with E-state index in [4.69, 9.17) is 9.15 Å². The van der Waals surface area contributed by atoms with Crippen molar-refractivity contribution in [1.82, 2.24) is 10.6 Å². The van der Waals surface area contributed by atoms with E-state index in [1.165, 1.54) is 37.6 Å². The number of alkyl halides is 3. The third-order valence-corrected chi connectivity index (χ3v) is 3.06. The van der Waals surface area contributed by atoms with Gasteiger partial charge in [0.05, 0.1) is 19.9 Å². The Balaban J connectivity index is 2.04. The number of furan rings is 1. The number of urea groups is 1. The molecule has 5 nitrogen and oxygen atoms in total. The molecule has 1 aromatic carbocycles. The van der Waals surface area contributed by atoms with Gasteiger partial charge in [-0.05, 0) is 29.8 Å². The van der Waals surface area contributed by atoms with Crippen molar-refractivity contribution in [2.24, 2.45) is 0 Å². The Morgan fingerprint density at radius 1 is 1.26 bits per heavy atom. The molecule has 124 valence electrons. The second-order valence-electron chi connectivity index (χ2n) is 4.65. The smallest absolute Gasteiger partial charge is 0.412 e. The van der Waals surface area contributed by atoms with Crippen molar-refractivity contribution in [3.8, 4) is 5.75 Å². The second-order valence-corrected chi connectivity index (χ2v) is 4.65. The van der Waals surface area contributed by atoms with Gasteiger partial charge in [-0.2, -0.15) is 13.2 Å². The summed E-state index contributed by atoms with van der Waals surface area (Å²) in [6, 6.07) is 5.46. The largest absolute Gasteiger partial charge is 0.497 e. The maximum Gasteiger partial charge on any atom is 0.412 e. The van der Waals surface area contributed by atoms with Crippen LogP contribution in [-0.2, 0) is 6.54 Å². The average Bonchev–Trinajstić information content (AvgIpc) is 3.03. The van der Waals surface area contributed by atoms with Gasteiger partial charge in [0.1, 0.15) is 11.5 Å². The number of amides is 2.